The molecule has 0 N–H and O–H groups in total. The summed E-state index contributed by atoms with van der Waals surface area (Å²) in [6.07, 6.45) is 0. The number of sulfone groups is 1. The largest absolute Gasteiger partial charge is 0.293 e. The summed E-state index contributed by atoms with van der Waals surface area (Å²) in [5.41, 5.74) is 1.55. The minimum Gasteiger partial charge on any atom is -0.293 e. The van der Waals surface area contributed by atoms with Gasteiger partial charge in [-0.1, -0.05) is 56.3 Å². The van der Waals surface area contributed by atoms with E-state index in [2.05, 4.69) is 13.8 Å². The van der Waals surface area contributed by atoms with Crippen LogP contribution in [0.4, 0.5) is 0 Å². The van der Waals surface area contributed by atoms with Gasteiger partial charge >= 0.3 is 0 Å². The molecule has 0 aliphatic heterocycles. The van der Waals surface area contributed by atoms with E-state index in [1.54, 1.807) is 30.3 Å². The van der Waals surface area contributed by atoms with E-state index in [1.807, 2.05) is 12.1 Å². The third kappa shape index (κ3) is 3.79. The van der Waals surface area contributed by atoms with E-state index < -0.39 is 15.6 Å². The number of rotatable bonds is 5. The molecule has 2 aromatic carbocycles. The lowest BCUT2D eigenvalue weighted by molar-refractivity contribution is 0.102. The molecular weight excluding hydrogens is 284 g/mol. The fraction of sp³-hybridized carbons (Fsp3) is 0.235. The van der Waals surface area contributed by atoms with Crippen molar-refractivity contribution in [2.75, 3.05) is 5.75 Å². The highest BCUT2D eigenvalue weighted by Gasteiger charge is 2.20. The first-order valence-electron chi connectivity index (χ1n) is 6.81. The Morgan fingerprint density at radius 2 is 1.52 bits per heavy atom. The van der Waals surface area contributed by atoms with Gasteiger partial charge in [0.15, 0.2) is 15.6 Å². The molecule has 0 saturated heterocycles. The van der Waals surface area contributed by atoms with Gasteiger partial charge in [-0.25, -0.2) is 8.42 Å². The van der Waals surface area contributed by atoms with Crippen molar-refractivity contribution in [1.82, 2.24) is 0 Å². The second-order valence-corrected chi connectivity index (χ2v) is 7.26. The van der Waals surface area contributed by atoms with Gasteiger partial charge in [0.2, 0.25) is 0 Å². The number of hydrogen-bond donors (Lipinski definition) is 0. The minimum atomic E-state index is -3.58. The van der Waals surface area contributed by atoms with Crippen LogP contribution in [-0.2, 0) is 9.84 Å². The Kier molecular flexibility index (Phi) is 4.58. The number of benzene rings is 2. The summed E-state index contributed by atoms with van der Waals surface area (Å²) in [5, 5.41) is 0. The van der Waals surface area contributed by atoms with E-state index in [4.69, 9.17) is 0 Å². The van der Waals surface area contributed by atoms with Crippen molar-refractivity contribution in [2.24, 2.45) is 0 Å². The smallest absolute Gasteiger partial charge is 0.185 e. The number of hydrogen-bond acceptors (Lipinski definition) is 3. The Morgan fingerprint density at radius 3 is 2.05 bits per heavy atom. The molecule has 0 unspecified atom stereocenters. The molecule has 0 bridgehead atoms. The van der Waals surface area contributed by atoms with Crippen molar-refractivity contribution in [3.63, 3.8) is 0 Å². The molecule has 4 heteroatoms. The summed E-state index contributed by atoms with van der Waals surface area (Å²) in [5.74, 6) is -0.505. The van der Waals surface area contributed by atoms with E-state index in [0.717, 1.165) is 5.56 Å². The predicted molar refractivity (Wildman–Crippen MR) is 83.4 cm³/mol. The van der Waals surface area contributed by atoms with Gasteiger partial charge in [0.25, 0.3) is 0 Å². The first-order chi connectivity index (χ1) is 9.90. The fourth-order valence-corrected chi connectivity index (χ4v) is 3.27. The molecule has 0 amide bonds. The molecule has 0 atom stereocenters. The molecule has 0 saturated carbocycles. The molecular formula is C17H18O3S. The first-order valence-corrected chi connectivity index (χ1v) is 8.46. The first kappa shape index (κ1) is 15.4. The maximum atomic E-state index is 12.2. The van der Waals surface area contributed by atoms with Gasteiger partial charge in [-0.15, -0.1) is 0 Å². The molecule has 0 heterocycles. The van der Waals surface area contributed by atoms with E-state index >= 15 is 0 Å². The van der Waals surface area contributed by atoms with Crippen LogP contribution in [0.15, 0.2) is 59.5 Å². The van der Waals surface area contributed by atoms with Gasteiger partial charge in [0.05, 0.1) is 4.90 Å². The average Bonchev–Trinajstić information content (AvgIpc) is 2.48. The third-order valence-corrected chi connectivity index (χ3v) is 4.96. The Bertz CT molecular complexity index is 714. The van der Waals surface area contributed by atoms with Crippen molar-refractivity contribution in [2.45, 2.75) is 24.7 Å². The fourth-order valence-electron chi connectivity index (χ4n) is 2.02. The number of ketones is 1. The van der Waals surface area contributed by atoms with Crippen LogP contribution < -0.4 is 0 Å². The molecule has 0 aliphatic rings. The topological polar surface area (TPSA) is 51.2 Å². The van der Waals surface area contributed by atoms with Crippen LogP contribution in [0.1, 0.15) is 35.7 Å². The predicted octanol–water partition coefficient (Wildman–Crippen LogP) is 3.47. The van der Waals surface area contributed by atoms with Gasteiger partial charge in [-0.05, 0) is 23.6 Å². The lowest BCUT2D eigenvalue weighted by Gasteiger charge is -2.07. The zero-order valence-corrected chi connectivity index (χ0v) is 12.9. The van der Waals surface area contributed by atoms with Crippen LogP contribution in [0.5, 0.6) is 0 Å². The van der Waals surface area contributed by atoms with Crippen LogP contribution in [0, 0.1) is 0 Å². The summed E-state index contributed by atoms with van der Waals surface area (Å²) in [7, 11) is -3.58. The highest BCUT2D eigenvalue weighted by atomic mass is 32.2. The second kappa shape index (κ2) is 6.22. The molecule has 0 radical (unpaired) electrons. The zero-order chi connectivity index (χ0) is 15.5. The van der Waals surface area contributed by atoms with Gasteiger partial charge in [-0.3, -0.25) is 4.79 Å². The van der Waals surface area contributed by atoms with Crippen LogP contribution in [0.3, 0.4) is 0 Å². The lowest BCUT2D eigenvalue weighted by atomic mass is 10.0. The van der Waals surface area contributed by atoms with Crippen LogP contribution in [-0.4, -0.2) is 20.0 Å². The second-order valence-electron chi connectivity index (χ2n) is 5.27. The molecule has 21 heavy (non-hydrogen) atoms. The number of carbonyl (C=O) groups is 1. The molecule has 2 rings (SSSR count). The van der Waals surface area contributed by atoms with Crippen molar-refractivity contribution >= 4 is 15.6 Å². The SMILES string of the molecule is CC(C)c1ccc(C(=O)CS(=O)(=O)c2ccccc2)cc1. The Hall–Kier alpha value is -1.94. The molecule has 0 spiro atoms. The minimum absolute atomic E-state index is 0.178. The molecule has 0 aromatic heterocycles. The van der Waals surface area contributed by atoms with E-state index in [9.17, 15) is 13.2 Å². The normalized spacial score (nSPS) is 11.6. The van der Waals surface area contributed by atoms with Gasteiger partial charge in [0.1, 0.15) is 5.75 Å². The Morgan fingerprint density at radius 1 is 0.952 bits per heavy atom. The highest BCUT2D eigenvalue weighted by Crippen LogP contribution is 2.17. The summed E-state index contributed by atoms with van der Waals surface area (Å²) in [6, 6.07) is 15.2. The molecule has 0 fully saturated rings. The van der Waals surface area contributed by atoms with E-state index in [0.29, 0.717) is 11.5 Å². The maximum Gasteiger partial charge on any atom is 0.185 e. The van der Waals surface area contributed by atoms with E-state index in [-0.39, 0.29) is 10.7 Å². The van der Waals surface area contributed by atoms with Crippen LogP contribution in [0.25, 0.3) is 0 Å². The third-order valence-electron chi connectivity index (χ3n) is 3.32. The van der Waals surface area contributed by atoms with Crippen molar-refractivity contribution in [3.05, 3.63) is 65.7 Å². The lowest BCUT2D eigenvalue weighted by Crippen LogP contribution is -2.16. The Labute approximate surface area is 125 Å². The summed E-state index contributed by atoms with van der Waals surface area (Å²) < 4.78 is 24.3. The quantitative estimate of drug-likeness (QED) is 0.795. The number of Topliss-reactive ketones (excluding diaryl/α,β-unsaturated/α-hetero) is 1. The summed E-state index contributed by atoms with van der Waals surface area (Å²) >= 11 is 0. The zero-order valence-electron chi connectivity index (χ0n) is 12.1. The summed E-state index contributed by atoms with van der Waals surface area (Å²) in [6.45, 7) is 4.13. The van der Waals surface area contributed by atoms with Crippen molar-refractivity contribution in [1.29, 1.82) is 0 Å². The highest BCUT2D eigenvalue weighted by molar-refractivity contribution is 7.92. The average molecular weight is 302 g/mol. The summed E-state index contributed by atoms with van der Waals surface area (Å²) in [4.78, 5) is 12.3. The van der Waals surface area contributed by atoms with Crippen molar-refractivity contribution in [3.8, 4) is 0 Å². The standard InChI is InChI=1S/C17H18O3S/c1-13(2)14-8-10-15(11-9-14)17(18)12-21(19,20)16-6-4-3-5-7-16/h3-11,13H,12H2,1-2H3. The van der Waals surface area contributed by atoms with Gasteiger partial charge in [0, 0.05) is 5.56 Å². The van der Waals surface area contributed by atoms with Crippen molar-refractivity contribution < 1.29 is 13.2 Å². The molecule has 2 aromatic rings. The molecule has 3 nitrogen and oxygen atoms in total. The molecule has 0 aliphatic carbocycles. The maximum absolute atomic E-state index is 12.2. The Balaban J connectivity index is 2.18. The van der Waals surface area contributed by atoms with Crippen LogP contribution in [0.2, 0.25) is 0 Å². The van der Waals surface area contributed by atoms with Crippen LogP contribution >= 0.6 is 0 Å². The number of carbonyl (C=O) groups excluding carboxylic acids is 1. The van der Waals surface area contributed by atoms with E-state index in [1.165, 1.54) is 12.1 Å². The monoisotopic (exact) mass is 302 g/mol. The van der Waals surface area contributed by atoms with Gasteiger partial charge < -0.3 is 0 Å². The molecule has 110 valence electrons. The van der Waals surface area contributed by atoms with Gasteiger partial charge in [-0.2, -0.15) is 0 Å².